The minimum absolute atomic E-state index is 0.273. The van der Waals surface area contributed by atoms with Crippen molar-refractivity contribution in [2.45, 2.75) is 13.8 Å². The second-order valence-electron chi connectivity index (χ2n) is 3.82. The highest BCUT2D eigenvalue weighted by atomic mass is 16.5. The first-order chi connectivity index (χ1) is 8.72. The van der Waals surface area contributed by atoms with Crippen molar-refractivity contribution < 1.29 is 13.9 Å². The Balaban J connectivity index is 2.19. The van der Waals surface area contributed by atoms with Gasteiger partial charge in [-0.15, -0.1) is 0 Å². The summed E-state index contributed by atoms with van der Waals surface area (Å²) < 4.78 is 10.6. The molecule has 4 nitrogen and oxygen atoms in total. The molecule has 0 aliphatic rings. The minimum Gasteiger partial charge on any atom is -0.492 e. The maximum absolute atomic E-state index is 12.0. The van der Waals surface area contributed by atoms with E-state index < -0.39 is 0 Å². The average molecular weight is 245 g/mol. The van der Waals surface area contributed by atoms with Crippen molar-refractivity contribution in [2.75, 3.05) is 11.9 Å². The third-order valence-corrected chi connectivity index (χ3v) is 2.50. The molecule has 0 bridgehead atoms. The predicted molar refractivity (Wildman–Crippen MR) is 69.0 cm³/mol. The molecule has 94 valence electrons. The fourth-order valence-corrected chi connectivity index (χ4v) is 1.64. The molecule has 1 amide bonds. The van der Waals surface area contributed by atoms with Crippen molar-refractivity contribution >= 4 is 11.6 Å². The third kappa shape index (κ3) is 2.53. The highest BCUT2D eigenvalue weighted by Gasteiger charge is 2.14. The summed E-state index contributed by atoms with van der Waals surface area (Å²) in [7, 11) is 0. The Morgan fingerprint density at radius 2 is 2.11 bits per heavy atom. The van der Waals surface area contributed by atoms with E-state index in [1.54, 1.807) is 12.1 Å². The predicted octanol–water partition coefficient (Wildman–Crippen LogP) is 3.24. The molecule has 0 spiro atoms. The Morgan fingerprint density at radius 3 is 2.78 bits per heavy atom. The van der Waals surface area contributed by atoms with Gasteiger partial charge in [0.25, 0.3) is 5.91 Å². The van der Waals surface area contributed by atoms with Gasteiger partial charge in [0.1, 0.15) is 5.75 Å². The van der Waals surface area contributed by atoms with E-state index in [0.29, 0.717) is 23.8 Å². The lowest BCUT2D eigenvalue weighted by Gasteiger charge is -2.10. The summed E-state index contributed by atoms with van der Waals surface area (Å²) in [6.45, 7) is 4.27. The van der Waals surface area contributed by atoms with Gasteiger partial charge < -0.3 is 14.5 Å². The fraction of sp³-hybridized carbons (Fsp3) is 0.214. The van der Waals surface area contributed by atoms with E-state index in [9.17, 15) is 4.79 Å². The smallest absolute Gasteiger partial charge is 0.291 e. The molecule has 0 unspecified atom stereocenters. The Bertz CT molecular complexity index is 545. The lowest BCUT2D eigenvalue weighted by atomic mass is 10.2. The van der Waals surface area contributed by atoms with Crippen molar-refractivity contribution in [2.24, 2.45) is 0 Å². The van der Waals surface area contributed by atoms with Crippen LogP contribution in [-0.2, 0) is 0 Å². The van der Waals surface area contributed by atoms with Crippen LogP contribution in [0.3, 0.4) is 0 Å². The van der Waals surface area contributed by atoms with E-state index in [-0.39, 0.29) is 5.91 Å². The normalized spacial score (nSPS) is 10.1. The SMILES string of the molecule is CCOc1ccccc1NC(=O)c1occc1C. The summed E-state index contributed by atoms with van der Waals surface area (Å²) in [6.07, 6.45) is 1.50. The zero-order valence-corrected chi connectivity index (χ0v) is 10.4. The van der Waals surface area contributed by atoms with Gasteiger partial charge in [-0.1, -0.05) is 12.1 Å². The van der Waals surface area contributed by atoms with Gasteiger partial charge >= 0.3 is 0 Å². The van der Waals surface area contributed by atoms with Crippen LogP contribution in [0.25, 0.3) is 0 Å². The Kier molecular flexibility index (Phi) is 3.67. The maximum Gasteiger partial charge on any atom is 0.291 e. The van der Waals surface area contributed by atoms with E-state index in [0.717, 1.165) is 5.56 Å². The number of furan rings is 1. The summed E-state index contributed by atoms with van der Waals surface area (Å²) in [5, 5.41) is 2.78. The zero-order chi connectivity index (χ0) is 13.0. The molecule has 0 fully saturated rings. The largest absolute Gasteiger partial charge is 0.492 e. The van der Waals surface area contributed by atoms with E-state index >= 15 is 0 Å². The number of anilines is 1. The number of rotatable bonds is 4. The van der Waals surface area contributed by atoms with Crippen LogP contribution in [0.1, 0.15) is 23.0 Å². The molecule has 18 heavy (non-hydrogen) atoms. The van der Waals surface area contributed by atoms with Crippen molar-refractivity contribution in [3.05, 3.63) is 47.9 Å². The van der Waals surface area contributed by atoms with Crippen molar-refractivity contribution in [1.82, 2.24) is 0 Å². The number of hydrogen-bond acceptors (Lipinski definition) is 3. The van der Waals surface area contributed by atoms with Crippen LogP contribution in [0.15, 0.2) is 41.0 Å². The van der Waals surface area contributed by atoms with Crippen LogP contribution >= 0.6 is 0 Å². The summed E-state index contributed by atoms with van der Waals surface area (Å²) in [6, 6.07) is 9.06. The van der Waals surface area contributed by atoms with E-state index in [2.05, 4.69) is 5.32 Å². The van der Waals surface area contributed by atoms with E-state index in [1.165, 1.54) is 6.26 Å². The third-order valence-electron chi connectivity index (χ3n) is 2.50. The summed E-state index contributed by atoms with van der Waals surface area (Å²) in [5.41, 5.74) is 1.45. The van der Waals surface area contributed by atoms with Crippen LogP contribution in [0, 0.1) is 6.92 Å². The molecule has 0 aliphatic carbocycles. The van der Waals surface area contributed by atoms with Gasteiger partial charge in [0.15, 0.2) is 5.76 Å². The first-order valence-corrected chi connectivity index (χ1v) is 5.79. The maximum atomic E-state index is 12.0. The number of carbonyl (C=O) groups is 1. The number of carbonyl (C=O) groups excluding carboxylic acids is 1. The van der Waals surface area contributed by atoms with Gasteiger partial charge in [0.2, 0.25) is 0 Å². The number of hydrogen-bond donors (Lipinski definition) is 1. The average Bonchev–Trinajstić information content (AvgIpc) is 2.78. The molecule has 0 saturated carbocycles. The van der Waals surface area contributed by atoms with Crippen LogP contribution in [-0.4, -0.2) is 12.5 Å². The second-order valence-corrected chi connectivity index (χ2v) is 3.82. The van der Waals surface area contributed by atoms with Gasteiger partial charge in [0.05, 0.1) is 18.6 Å². The molecule has 1 heterocycles. The molecule has 2 aromatic rings. The Hall–Kier alpha value is -2.23. The molecule has 1 aromatic carbocycles. The molecular formula is C14H15NO3. The van der Waals surface area contributed by atoms with Crippen molar-refractivity contribution in [3.63, 3.8) is 0 Å². The highest BCUT2D eigenvalue weighted by Crippen LogP contribution is 2.24. The quantitative estimate of drug-likeness (QED) is 0.899. The molecule has 0 saturated heterocycles. The highest BCUT2D eigenvalue weighted by molar-refractivity contribution is 6.03. The number of para-hydroxylation sites is 2. The van der Waals surface area contributed by atoms with Gasteiger partial charge in [-0.2, -0.15) is 0 Å². The fourth-order valence-electron chi connectivity index (χ4n) is 1.64. The molecule has 0 aliphatic heterocycles. The zero-order valence-electron chi connectivity index (χ0n) is 10.4. The van der Waals surface area contributed by atoms with E-state index in [4.69, 9.17) is 9.15 Å². The number of nitrogens with one attached hydrogen (secondary N) is 1. The first-order valence-electron chi connectivity index (χ1n) is 5.79. The van der Waals surface area contributed by atoms with Gasteiger partial charge in [0, 0.05) is 5.56 Å². The molecule has 4 heteroatoms. The Morgan fingerprint density at radius 1 is 1.33 bits per heavy atom. The minimum atomic E-state index is -0.273. The lowest BCUT2D eigenvalue weighted by molar-refractivity contribution is 0.0995. The molecule has 0 atom stereocenters. The van der Waals surface area contributed by atoms with Crippen molar-refractivity contribution in [1.29, 1.82) is 0 Å². The molecule has 2 rings (SSSR count). The van der Waals surface area contributed by atoms with E-state index in [1.807, 2.05) is 32.0 Å². The lowest BCUT2D eigenvalue weighted by Crippen LogP contribution is -2.13. The monoisotopic (exact) mass is 245 g/mol. The number of amides is 1. The standard InChI is InChI=1S/C14H15NO3/c1-3-17-12-7-5-4-6-11(12)15-14(16)13-10(2)8-9-18-13/h4-9H,3H2,1-2H3,(H,15,16). The molecule has 1 aromatic heterocycles. The molecular weight excluding hydrogens is 230 g/mol. The van der Waals surface area contributed by atoms with Crippen LogP contribution in [0.5, 0.6) is 5.75 Å². The number of aryl methyl sites for hydroxylation is 1. The first kappa shape index (κ1) is 12.2. The molecule has 0 radical (unpaired) electrons. The van der Waals surface area contributed by atoms with Gasteiger partial charge in [-0.3, -0.25) is 4.79 Å². The van der Waals surface area contributed by atoms with Crippen molar-refractivity contribution in [3.8, 4) is 5.75 Å². The van der Waals surface area contributed by atoms with Crippen LogP contribution in [0.2, 0.25) is 0 Å². The van der Waals surface area contributed by atoms with Crippen LogP contribution < -0.4 is 10.1 Å². The van der Waals surface area contributed by atoms with Crippen LogP contribution in [0.4, 0.5) is 5.69 Å². The summed E-state index contributed by atoms with van der Waals surface area (Å²) in [5.74, 6) is 0.698. The molecule has 1 N–H and O–H groups in total. The Labute approximate surface area is 106 Å². The summed E-state index contributed by atoms with van der Waals surface area (Å²) in [4.78, 5) is 12.0. The summed E-state index contributed by atoms with van der Waals surface area (Å²) >= 11 is 0. The second kappa shape index (κ2) is 5.40. The number of benzene rings is 1. The van der Waals surface area contributed by atoms with Gasteiger partial charge in [-0.25, -0.2) is 0 Å². The number of ether oxygens (including phenoxy) is 1. The topological polar surface area (TPSA) is 51.5 Å². The van der Waals surface area contributed by atoms with Gasteiger partial charge in [-0.05, 0) is 32.0 Å².